The van der Waals surface area contributed by atoms with Gasteiger partial charge in [-0.15, -0.1) is 0 Å². The number of amides is 3. The standard InChI is InChI=1S/C28H47N3O4/c1-10-12-13-14-19-31(25(33)20(3)29-26(34)35-28(7,8)9)23(24(32)30-27(4,5)6)22-17-15-21(11-2)16-18-22/h15-18,20,23H,10-14,19H2,1-9H3,(H,29,34)(H,30,32). The quantitative estimate of drug-likeness (QED) is 0.400. The molecular formula is C28H47N3O4. The number of rotatable bonds is 11. The zero-order chi connectivity index (χ0) is 26.8. The molecule has 2 unspecified atom stereocenters. The predicted octanol–water partition coefficient (Wildman–Crippen LogP) is 5.53. The normalized spacial score (nSPS) is 13.5. The van der Waals surface area contributed by atoms with Crippen LogP contribution in [0.15, 0.2) is 24.3 Å². The molecule has 1 aromatic rings. The van der Waals surface area contributed by atoms with Crippen molar-refractivity contribution in [3.05, 3.63) is 35.4 Å². The highest BCUT2D eigenvalue weighted by atomic mass is 16.6. The molecule has 0 saturated carbocycles. The third-order valence-electron chi connectivity index (χ3n) is 5.40. The highest BCUT2D eigenvalue weighted by Gasteiger charge is 2.35. The van der Waals surface area contributed by atoms with Gasteiger partial charge in [-0.3, -0.25) is 9.59 Å². The van der Waals surface area contributed by atoms with Gasteiger partial charge in [0, 0.05) is 12.1 Å². The van der Waals surface area contributed by atoms with Crippen molar-refractivity contribution in [2.24, 2.45) is 0 Å². The van der Waals surface area contributed by atoms with Gasteiger partial charge in [-0.25, -0.2) is 4.79 Å². The van der Waals surface area contributed by atoms with Crippen molar-refractivity contribution in [2.45, 2.75) is 118 Å². The molecule has 198 valence electrons. The van der Waals surface area contributed by atoms with Crippen LogP contribution < -0.4 is 10.6 Å². The van der Waals surface area contributed by atoms with Gasteiger partial charge in [0.2, 0.25) is 11.8 Å². The van der Waals surface area contributed by atoms with Crippen LogP contribution in [-0.2, 0) is 20.7 Å². The first-order chi connectivity index (χ1) is 16.2. The number of carbonyl (C=O) groups excluding carboxylic acids is 3. The van der Waals surface area contributed by atoms with Crippen molar-refractivity contribution in [2.75, 3.05) is 6.54 Å². The first-order valence-electron chi connectivity index (χ1n) is 12.9. The third kappa shape index (κ3) is 11.1. The number of ether oxygens (including phenoxy) is 1. The van der Waals surface area contributed by atoms with E-state index < -0.39 is 29.3 Å². The number of aryl methyl sites for hydroxylation is 1. The second kappa shape index (κ2) is 13.5. The molecule has 0 aromatic heterocycles. The van der Waals surface area contributed by atoms with Crippen molar-refractivity contribution in [3.8, 4) is 0 Å². The molecule has 1 aromatic carbocycles. The van der Waals surface area contributed by atoms with Gasteiger partial charge in [-0.2, -0.15) is 0 Å². The number of hydrogen-bond acceptors (Lipinski definition) is 4. The Kier molecular flexibility index (Phi) is 11.7. The molecule has 2 atom stereocenters. The molecule has 3 amide bonds. The van der Waals surface area contributed by atoms with Crippen molar-refractivity contribution in [1.29, 1.82) is 0 Å². The van der Waals surface area contributed by atoms with E-state index in [-0.39, 0.29) is 11.8 Å². The zero-order valence-electron chi connectivity index (χ0n) is 23.3. The maximum atomic E-state index is 13.7. The van der Waals surface area contributed by atoms with Crippen molar-refractivity contribution < 1.29 is 19.1 Å². The highest BCUT2D eigenvalue weighted by molar-refractivity contribution is 5.92. The number of hydrogen-bond donors (Lipinski definition) is 2. The summed E-state index contributed by atoms with van der Waals surface area (Å²) < 4.78 is 5.34. The number of nitrogens with zero attached hydrogens (tertiary/aromatic N) is 1. The Morgan fingerprint density at radius 3 is 2.03 bits per heavy atom. The van der Waals surface area contributed by atoms with E-state index in [0.717, 1.165) is 43.2 Å². The van der Waals surface area contributed by atoms with Crippen LogP contribution in [0.25, 0.3) is 0 Å². The zero-order valence-corrected chi connectivity index (χ0v) is 23.3. The highest BCUT2D eigenvalue weighted by Crippen LogP contribution is 2.25. The molecule has 0 aliphatic rings. The molecular weight excluding hydrogens is 442 g/mol. The SMILES string of the molecule is CCCCCCN(C(=O)C(C)NC(=O)OC(C)(C)C)C(C(=O)NC(C)(C)C)c1ccc(CC)cc1. The molecule has 0 spiro atoms. The second-order valence-corrected chi connectivity index (χ2v) is 11.2. The average molecular weight is 490 g/mol. The van der Waals surface area contributed by atoms with Gasteiger partial charge >= 0.3 is 6.09 Å². The number of unbranched alkanes of at least 4 members (excludes halogenated alkanes) is 3. The predicted molar refractivity (Wildman–Crippen MR) is 141 cm³/mol. The van der Waals surface area contributed by atoms with Gasteiger partial charge < -0.3 is 20.3 Å². The maximum absolute atomic E-state index is 13.7. The van der Waals surface area contributed by atoms with Crippen LogP contribution in [0.1, 0.15) is 105 Å². The Hall–Kier alpha value is -2.57. The lowest BCUT2D eigenvalue weighted by atomic mass is 9.98. The average Bonchev–Trinajstić information content (AvgIpc) is 2.72. The van der Waals surface area contributed by atoms with E-state index in [0.29, 0.717) is 6.54 Å². The molecule has 0 fully saturated rings. The molecule has 0 bridgehead atoms. The van der Waals surface area contributed by atoms with Gasteiger partial charge in [0.05, 0.1) is 0 Å². The number of nitrogens with one attached hydrogen (secondary N) is 2. The lowest BCUT2D eigenvalue weighted by Crippen LogP contribution is -2.54. The van der Waals surface area contributed by atoms with Gasteiger partial charge in [0.25, 0.3) is 0 Å². The molecule has 35 heavy (non-hydrogen) atoms. The summed E-state index contributed by atoms with van der Waals surface area (Å²) in [4.78, 5) is 41.2. The Morgan fingerprint density at radius 1 is 0.943 bits per heavy atom. The summed E-state index contributed by atoms with van der Waals surface area (Å²) >= 11 is 0. The summed E-state index contributed by atoms with van der Waals surface area (Å²) in [5.41, 5.74) is 0.764. The summed E-state index contributed by atoms with van der Waals surface area (Å²) in [7, 11) is 0. The van der Waals surface area contributed by atoms with E-state index in [1.807, 2.05) is 45.0 Å². The number of benzene rings is 1. The molecule has 1 rings (SSSR count). The fraction of sp³-hybridized carbons (Fsp3) is 0.679. The number of carbonyl (C=O) groups is 3. The summed E-state index contributed by atoms with van der Waals surface area (Å²) in [6, 6.07) is 6.17. The number of alkyl carbamates (subject to hydrolysis) is 1. The van der Waals surface area contributed by atoms with E-state index in [1.165, 1.54) is 0 Å². The van der Waals surface area contributed by atoms with E-state index in [4.69, 9.17) is 4.74 Å². The smallest absolute Gasteiger partial charge is 0.408 e. The van der Waals surface area contributed by atoms with Crippen molar-refractivity contribution in [3.63, 3.8) is 0 Å². The Bertz CT molecular complexity index is 822. The van der Waals surface area contributed by atoms with Crippen molar-refractivity contribution >= 4 is 17.9 Å². The minimum absolute atomic E-state index is 0.241. The van der Waals surface area contributed by atoms with Crippen LogP contribution in [0.2, 0.25) is 0 Å². The van der Waals surface area contributed by atoms with Gasteiger partial charge in [0.1, 0.15) is 17.7 Å². The summed E-state index contributed by atoms with van der Waals surface area (Å²) in [5, 5.41) is 5.70. The van der Waals surface area contributed by atoms with Crippen LogP contribution >= 0.6 is 0 Å². The van der Waals surface area contributed by atoms with Gasteiger partial charge in [-0.05, 0) is 72.4 Å². The lowest BCUT2D eigenvalue weighted by molar-refractivity contribution is -0.142. The van der Waals surface area contributed by atoms with Gasteiger partial charge in [-0.1, -0.05) is 57.4 Å². The van der Waals surface area contributed by atoms with E-state index >= 15 is 0 Å². The molecule has 7 nitrogen and oxygen atoms in total. The van der Waals surface area contributed by atoms with E-state index in [9.17, 15) is 14.4 Å². The molecule has 0 aliphatic heterocycles. The fourth-order valence-electron chi connectivity index (χ4n) is 3.72. The monoisotopic (exact) mass is 489 g/mol. The van der Waals surface area contributed by atoms with Crippen LogP contribution in [0.3, 0.4) is 0 Å². The topological polar surface area (TPSA) is 87.7 Å². The lowest BCUT2D eigenvalue weighted by Gasteiger charge is -2.35. The first-order valence-corrected chi connectivity index (χ1v) is 12.9. The molecule has 0 radical (unpaired) electrons. The molecule has 2 N–H and O–H groups in total. The van der Waals surface area contributed by atoms with E-state index in [2.05, 4.69) is 24.5 Å². The Labute approximate surface area is 212 Å². The van der Waals surface area contributed by atoms with E-state index in [1.54, 1.807) is 32.6 Å². The van der Waals surface area contributed by atoms with Crippen LogP contribution in [0.4, 0.5) is 4.79 Å². The summed E-state index contributed by atoms with van der Waals surface area (Å²) in [6.07, 6.45) is 4.07. The minimum Gasteiger partial charge on any atom is -0.444 e. The molecule has 0 heterocycles. The van der Waals surface area contributed by atoms with Crippen molar-refractivity contribution in [1.82, 2.24) is 15.5 Å². The fourth-order valence-corrected chi connectivity index (χ4v) is 3.72. The van der Waals surface area contributed by atoms with Crippen LogP contribution in [0, 0.1) is 0 Å². The molecule has 7 heteroatoms. The summed E-state index contributed by atoms with van der Waals surface area (Å²) in [5.74, 6) is -0.559. The molecule has 0 saturated heterocycles. The van der Waals surface area contributed by atoms with Crippen LogP contribution in [-0.4, -0.2) is 46.5 Å². The Morgan fingerprint density at radius 2 is 1.54 bits per heavy atom. The van der Waals surface area contributed by atoms with Crippen LogP contribution in [0.5, 0.6) is 0 Å². The second-order valence-electron chi connectivity index (χ2n) is 11.2. The first kappa shape index (κ1) is 30.5. The molecule has 0 aliphatic carbocycles. The minimum atomic E-state index is -0.851. The maximum Gasteiger partial charge on any atom is 0.408 e. The summed E-state index contributed by atoms with van der Waals surface area (Å²) in [6.45, 7) is 17.3. The third-order valence-corrected chi connectivity index (χ3v) is 5.40. The Balaban J connectivity index is 3.34. The van der Waals surface area contributed by atoms with Gasteiger partial charge in [0.15, 0.2) is 0 Å². The largest absolute Gasteiger partial charge is 0.444 e.